The monoisotopic (exact) mass is 184 g/mol. The smallest absolute Gasteiger partial charge is 0.306 e. The number of aliphatic carboxylic acids is 1. The predicted molar refractivity (Wildman–Crippen MR) is 48.3 cm³/mol. The Kier molecular flexibility index (Phi) is 3.07. The van der Waals surface area contributed by atoms with Crippen LogP contribution in [0.25, 0.3) is 0 Å². The van der Waals surface area contributed by atoms with Crippen LogP contribution in [0.3, 0.4) is 0 Å². The fourth-order valence-corrected chi connectivity index (χ4v) is 2.27. The molecule has 0 aromatic heterocycles. The highest BCUT2D eigenvalue weighted by Crippen LogP contribution is 2.34. The average molecular weight is 184 g/mol. The second kappa shape index (κ2) is 3.90. The predicted octanol–water partition coefficient (Wildman–Crippen LogP) is 1.71. The molecule has 1 aliphatic carbocycles. The molecule has 0 radical (unpaired) electrons. The molecule has 1 N–H and O–H groups in total. The van der Waals surface area contributed by atoms with E-state index in [0.717, 1.165) is 6.42 Å². The summed E-state index contributed by atoms with van der Waals surface area (Å²) in [5.41, 5.74) is 0. The molecule has 0 unspecified atom stereocenters. The van der Waals surface area contributed by atoms with Gasteiger partial charge in [-0.25, -0.2) is 0 Å². The Morgan fingerprint density at radius 1 is 1.62 bits per heavy atom. The molecule has 1 fully saturated rings. The van der Waals surface area contributed by atoms with Crippen LogP contribution in [0.2, 0.25) is 0 Å². The SMILES string of the molecule is CC[C@@H]1C(=O)CC[C@H](C(=O)O)[C@@H]1C. The number of rotatable bonds is 2. The number of Topliss-reactive ketones (excluding diaryl/α,β-unsaturated/α-hetero) is 1. The van der Waals surface area contributed by atoms with Gasteiger partial charge in [-0.05, 0) is 18.8 Å². The van der Waals surface area contributed by atoms with Gasteiger partial charge in [0.15, 0.2) is 0 Å². The van der Waals surface area contributed by atoms with E-state index < -0.39 is 5.97 Å². The molecular weight excluding hydrogens is 168 g/mol. The average Bonchev–Trinajstić information content (AvgIpc) is 2.04. The van der Waals surface area contributed by atoms with E-state index in [0.29, 0.717) is 12.8 Å². The van der Waals surface area contributed by atoms with Crippen molar-refractivity contribution in [2.24, 2.45) is 17.8 Å². The topological polar surface area (TPSA) is 54.4 Å². The molecule has 13 heavy (non-hydrogen) atoms. The summed E-state index contributed by atoms with van der Waals surface area (Å²) >= 11 is 0. The Morgan fingerprint density at radius 2 is 2.23 bits per heavy atom. The Morgan fingerprint density at radius 3 is 2.69 bits per heavy atom. The van der Waals surface area contributed by atoms with Crippen molar-refractivity contribution in [3.8, 4) is 0 Å². The highest BCUT2D eigenvalue weighted by Gasteiger charge is 2.37. The van der Waals surface area contributed by atoms with Gasteiger partial charge < -0.3 is 5.11 Å². The summed E-state index contributed by atoms with van der Waals surface area (Å²) in [5.74, 6) is -0.854. The highest BCUT2D eigenvalue weighted by molar-refractivity contribution is 5.84. The van der Waals surface area contributed by atoms with Gasteiger partial charge in [0.05, 0.1) is 5.92 Å². The number of carboxylic acids is 1. The highest BCUT2D eigenvalue weighted by atomic mass is 16.4. The third-order valence-electron chi connectivity index (χ3n) is 3.14. The Hall–Kier alpha value is -0.860. The minimum Gasteiger partial charge on any atom is -0.481 e. The van der Waals surface area contributed by atoms with Gasteiger partial charge in [-0.15, -0.1) is 0 Å². The van der Waals surface area contributed by atoms with Crippen LogP contribution in [0.5, 0.6) is 0 Å². The van der Waals surface area contributed by atoms with Crippen LogP contribution in [-0.4, -0.2) is 16.9 Å². The van der Waals surface area contributed by atoms with Crippen LogP contribution in [0.4, 0.5) is 0 Å². The van der Waals surface area contributed by atoms with Crippen molar-refractivity contribution in [1.82, 2.24) is 0 Å². The molecule has 1 rings (SSSR count). The van der Waals surface area contributed by atoms with Crippen molar-refractivity contribution in [3.05, 3.63) is 0 Å². The van der Waals surface area contributed by atoms with Crippen molar-refractivity contribution in [1.29, 1.82) is 0 Å². The molecule has 3 heteroatoms. The molecule has 1 aliphatic rings. The van der Waals surface area contributed by atoms with Gasteiger partial charge in [-0.1, -0.05) is 13.8 Å². The Bertz CT molecular complexity index is 220. The Labute approximate surface area is 78.1 Å². The van der Waals surface area contributed by atoms with E-state index in [1.807, 2.05) is 13.8 Å². The van der Waals surface area contributed by atoms with Crippen LogP contribution in [0, 0.1) is 17.8 Å². The lowest BCUT2D eigenvalue weighted by molar-refractivity contribution is -0.147. The molecule has 0 saturated heterocycles. The fourth-order valence-electron chi connectivity index (χ4n) is 2.27. The summed E-state index contributed by atoms with van der Waals surface area (Å²) in [6.45, 7) is 3.83. The first-order chi connectivity index (χ1) is 6.07. The number of hydrogen-bond acceptors (Lipinski definition) is 2. The number of carbonyl (C=O) groups is 2. The van der Waals surface area contributed by atoms with E-state index in [1.54, 1.807) is 0 Å². The van der Waals surface area contributed by atoms with Crippen molar-refractivity contribution in [2.45, 2.75) is 33.1 Å². The maximum absolute atomic E-state index is 11.4. The van der Waals surface area contributed by atoms with E-state index in [-0.39, 0.29) is 23.5 Å². The fraction of sp³-hybridized carbons (Fsp3) is 0.800. The second-order valence-corrected chi connectivity index (χ2v) is 3.82. The molecular formula is C10H16O3. The first-order valence-electron chi connectivity index (χ1n) is 4.83. The molecule has 1 saturated carbocycles. The zero-order valence-corrected chi connectivity index (χ0v) is 8.12. The van der Waals surface area contributed by atoms with E-state index in [4.69, 9.17) is 5.11 Å². The van der Waals surface area contributed by atoms with Gasteiger partial charge >= 0.3 is 5.97 Å². The summed E-state index contributed by atoms with van der Waals surface area (Å²) in [5, 5.41) is 8.90. The van der Waals surface area contributed by atoms with E-state index in [1.165, 1.54) is 0 Å². The quantitative estimate of drug-likeness (QED) is 0.710. The molecule has 0 aromatic carbocycles. The van der Waals surface area contributed by atoms with Crippen LogP contribution >= 0.6 is 0 Å². The van der Waals surface area contributed by atoms with Crippen molar-refractivity contribution >= 4 is 11.8 Å². The van der Waals surface area contributed by atoms with Crippen LogP contribution in [-0.2, 0) is 9.59 Å². The maximum Gasteiger partial charge on any atom is 0.306 e. The van der Waals surface area contributed by atoms with Crippen molar-refractivity contribution in [2.75, 3.05) is 0 Å². The van der Waals surface area contributed by atoms with Gasteiger partial charge in [-0.2, -0.15) is 0 Å². The zero-order valence-electron chi connectivity index (χ0n) is 8.12. The molecule has 0 spiro atoms. The third-order valence-corrected chi connectivity index (χ3v) is 3.14. The van der Waals surface area contributed by atoms with E-state index in [9.17, 15) is 9.59 Å². The summed E-state index contributed by atoms with van der Waals surface area (Å²) in [6.07, 6.45) is 1.73. The number of carbonyl (C=O) groups excluding carboxylic acids is 1. The van der Waals surface area contributed by atoms with Crippen LogP contribution < -0.4 is 0 Å². The van der Waals surface area contributed by atoms with Gasteiger partial charge in [0.25, 0.3) is 0 Å². The van der Waals surface area contributed by atoms with E-state index >= 15 is 0 Å². The maximum atomic E-state index is 11.4. The normalized spacial score (nSPS) is 34.6. The molecule has 3 nitrogen and oxygen atoms in total. The van der Waals surface area contributed by atoms with Gasteiger partial charge in [0, 0.05) is 12.3 Å². The lowest BCUT2D eigenvalue weighted by atomic mass is 9.71. The van der Waals surface area contributed by atoms with Crippen molar-refractivity contribution in [3.63, 3.8) is 0 Å². The molecule has 0 aromatic rings. The molecule has 0 bridgehead atoms. The van der Waals surface area contributed by atoms with Crippen molar-refractivity contribution < 1.29 is 14.7 Å². The first kappa shape index (κ1) is 10.2. The van der Waals surface area contributed by atoms with Gasteiger partial charge in [0.1, 0.15) is 5.78 Å². The second-order valence-electron chi connectivity index (χ2n) is 3.82. The first-order valence-corrected chi connectivity index (χ1v) is 4.83. The molecule has 74 valence electrons. The van der Waals surface area contributed by atoms with Crippen LogP contribution in [0.1, 0.15) is 33.1 Å². The minimum absolute atomic E-state index is 0.00347. The summed E-state index contributed by atoms with van der Waals surface area (Å²) in [6, 6.07) is 0. The summed E-state index contributed by atoms with van der Waals surface area (Å²) in [7, 11) is 0. The van der Waals surface area contributed by atoms with Gasteiger partial charge in [-0.3, -0.25) is 9.59 Å². The molecule has 0 aliphatic heterocycles. The zero-order chi connectivity index (χ0) is 10.0. The van der Waals surface area contributed by atoms with E-state index in [2.05, 4.69) is 0 Å². The van der Waals surface area contributed by atoms with Crippen LogP contribution in [0.15, 0.2) is 0 Å². The largest absolute Gasteiger partial charge is 0.481 e. The number of ketones is 1. The standard InChI is InChI=1S/C10H16O3/c1-3-7-6(2)8(10(12)13)4-5-9(7)11/h6-8H,3-5H2,1-2H3,(H,12,13)/t6-,7+,8+/m1/s1. The van der Waals surface area contributed by atoms with Gasteiger partial charge in [0.2, 0.25) is 0 Å². The third kappa shape index (κ3) is 1.90. The molecule has 0 amide bonds. The lowest BCUT2D eigenvalue weighted by Gasteiger charge is -2.31. The molecule has 3 atom stereocenters. The summed E-state index contributed by atoms with van der Waals surface area (Å²) < 4.78 is 0. The lowest BCUT2D eigenvalue weighted by Crippen LogP contribution is -2.36. The molecule has 0 heterocycles. The number of hydrogen-bond donors (Lipinski definition) is 1. The minimum atomic E-state index is -0.751. The number of carboxylic acid groups (broad SMARTS) is 1. The Balaban J connectivity index is 2.74. The summed E-state index contributed by atoms with van der Waals surface area (Å²) in [4.78, 5) is 22.2.